The number of carbonyl (C=O) groups excluding carboxylic acids is 1. The van der Waals surface area contributed by atoms with Gasteiger partial charge in [-0.15, -0.1) is 0 Å². The van der Waals surface area contributed by atoms with Gasteiger partial charge in [-0.2, -0.15) is 0 Å². The van der Waals surface area contributed by atoms with Crippen molar-refractivity contribution < 1.29 is 14.7 Å². The van der Waals surface area contributed by atoms with E-state index in [0.717, 1.165) is 32.4 Å². The highest BCUT2D eigenvalue weighted by atomic mass is 16.4. The number of nitrogens with zero attached hydrogens (tertiary/aromatic N) is 1. The molecule has 2 N–H and O–H groups in total. The first-order valence-electron chi connectivity index (χ1n) is 7.38. The zero-order valence-corrected chi connectivity index (χ0v) is 13.3. The number of hydrogen-bond acceptors (Lipinski definition) is 2. The number of likely N-dealkylation sites (tertiary alicyclic amines) is 1. The summed E-state index contributed by atoms with van der Waals surface area (Å²) in [5, 5.41) is 12.2. The summed E-state index contributed by atoms with van der Waals surface area (Å²) in [7, 11) is 0. The number of rotatable bonds is 3. The molecule has 1 heterocycles. The number of carbonyl (C=O) groups is 2. The van der Waals surface area contributed by atoms with Crippen LogP contribution in [0, 0.1) is 11.3 Å². The molecule has 0 bridgehead atoms. The van der Waals surface area contributed by atoms with Crippen molar-refractivity contribution in [1.29, 1.82) is 0 Å². The fourth-order valence-electron chi connectivity index (χ4n) is 2.24. The molecule has 0 aromatic heterocycles. The van der Waals surface area contributed by atoms with Gasteiger partial charge in [-0.25, -0.2) is 4.79 Å². The number of nitrogens with one attached hydrogen (secondary N) is 1. The quantitative estimate of drug-likeness (QED) is 0.837. The molecule has 116 valence electrons. The Bertz CT molecular complexity index is 377. The van der Waals surface area contributed by atoms with E-state index in [1.54, 1.807) is 27.7 Å². The van der Waals surface area contributed by atoms with Gasteiger partial charge in [0.1, 0.15) is 0 Å². The second kappa shape index (κ2) is 6.02. The number of aliphatic carboxylic acids is 1. The second-order valence-corrected chi connectivity index (χ2v) is 7.01. The topological polar surface area (TPSA) is 69.6 Å². The summed E-state index contributed by atoms with van der Waals surface area (Å²) in [6.07, 6.45) is 3.17. The van der Waals surface area contributed by atoms with Gasteiger partial charge in [-0.05, 0) is 52.9 Å². The minimum absolute atomic E-state index is 0.154. The molecule has 1 aliphatic rings. The van der Waals surface area contributed by atoms with Crippen LogP contribution in [-0.4, -0.2) is 40.6 Å². The van der Waals surface area contributed by atoms with Gasteiger partial charge in [0, 0.05) is 13.1 Å². The van der Waals surface area contributed by atoms with Crippen molar-refractivity contribution in [3.8, 4) is 0 Å². The Kier molecular flexibility index (Phi) is 5.05. The molecular weight excluding hydrogens is 256 g/mol. The zero-order chi connectivity index (χ0) is 15.6. The lowest BCUT2D eigenvalue weighted by Crippen LogP contribution is -2.59. The van der Waals surface area contributed by atoms with Crippen molar-refractivity contribution in [2.75, 3.05) is 13.1 Å². The van der Waals surface area contributed by atoms with E-state index in [9.17, 15) is 14.7 Å². The van der Waals surface area contributed by atoms with Crippen molar-refractivity contribution in [1.82, 2.24) is 10.2 Å². The summed E-state index contributed by atoms with van der Waals surface area (Å²) in [5.41, 5.74) is -1.84. The summed E-state index contributed by atoms with van der Waals surface area (Å²) in [6.45, 7) is 10.5. The van der Waals surface area contributed by atoms with Crippen LogP contribution in [0.2, 0.25) is 0 Å². The van der Waals surface area contributed by atoms with Gasteiger partial charge in [0.25, 0.3) is 0 Å². The number of carboxylic acid groups (broad SMARTS) is 1. The lowest BCUT2D eigenvalue weighted by atomic mass is 9.74. The van der Waals surface area contributed by atoms with Crippen molar-refractivity contribution in [3.63, 3.8) is 0 Å². The van der Waals surface area contributed by atoms with E-state index in [1.165, 1.54) is 0 Å². The predicted octanol–water partition coefficient (Wildman–Crippen LogP) is 2.71. The Hall–Kier alpha value is -1.26. The predicted molar refractivity (Wildman–Crippen MR) is 78.6 cm³/mol. The highest BCUT2D eigenvalue weighted by Gasteiger charge is 2.45. The average molecular weight is 284 g/mol. The van der Waals surface area contributed by atoms with Crippen LogP contribution in [0.3, 0.4) is 0 Å². The van der Waals surface area contributed by atoms with E-state index >= 15 is 0 Å². The fourth-order valence-corrected chi connectivity index (χ4v) is 2.24. The molecule has 0 aromatic rings. The second-order valence-electron chi connectivity index (χ2n) is 7.01. The zero-order valence-electron chi connectivity index (χ0n) is 13.3. The van der Waals surface area contributed by atoms with Gasteiger partial charge in [0.2, 0.25) is 0 Å². The molecule has 0 radical (unpaired) electrons. The molecule has 20 heavy (non-hydrogen) atoms. The molecule has 1 atom stereocenters. The van der Waals surface area contributed by atoms with E-state index in [0.29, 0.717) is 5.92 Å². The van der Waals surface area contributed by atoms with Crippen LogP contribution in [0.15, 0.2) is 0 Å². The Morgan fingerprint density at radius 1 is 1.15 bits per heavy atom. The van der Waals surface area contributed by atoms with Gasteiger partial charge < -0.3 is 15.3 Å². The van der Waals surface area contributed by atoms with Gasteiger partial charge >= 0.3 is 12.0 Å². The van der Waals surface area contributed by atoms with Gasteiger partial charge in [-0.3, -0.25) is 4.79 Å². The molecule has 0 aliphatic carbocycles. The van der Waals surface area contributed by atoms with E-state index in [-0.39, 0.29) is 6.03 Å². The number of urea groups is 1. The lowest BCUT2D eigenvalue weighted by molar-refractivity contribution is -0.150. The Balaban J connectivity index is 2.71. The highest BCUT2D eigenvalue weighted by Crippen LogP contribution is 2.31. The van der Waals surface area contributed by atoms with E-state index < -0.39 is 16.9 Å². The van der Waals surface area contributed by atoms with Crippen LogP contribution < -0.4 is 5.32 Å². The Labute approximate surface area is 121 Å². The maximum absolute atomic E-state index is 12.4. The molecule has 1 rings (SSSR count). The minimum atomic E-state index is -1.03. The molecule has 1 unspecified atom stereocenters. The van der Waals surface area contributed by atoms with Gasteiger partial charge in [-0.1, -0.05) is 6.92 Å². The van der Waals surface area contributed by atoms with E-state index in [1.807, 2.05) is 4.90 Å². The van der Waals surface area contributed by atoms with Crippen LogP contribution in [-0.2, 0) is 4.79 Å². The monoisotopic (exact) mass is 284 g/mol. The number of amides is 2. The van der Waals surface area contributed by atoms with E-state index in [4.69, 9.17) is 0 Å². The maximum Gasteiger partial charge on any atom is 0.317 e. The molecule has 1 aliphatic heterocycles. The number of carboxylic acids is 1. The van der Waals surface area contributed by atoms with Crippen LogP contribution in [0.5, 0.6) is 0 Å². The standard InChI is InChI=1S/C15H28N2O3/c1-11-7-6-9-17(10-8-11)13(20)16-15(4,5)14(2,3)12(18)19/h11H,6-10H2,1-5H3,(H,16,20)(H,18,19). The molecule has 0 spiro atoms. The highest BCUT2D eigenvalue weighted by molar-refractivity contribution is 5.79. The third-order valence-electron chi connectivity index (χ3n) is 4.82. The average Bonchev–Trinajstić information content (AvgIpc) is 2.53. The summed E-state index contributed by atoms with van der Waals surface area (Å²) in [5.74, 6) is -0.261. The molecule has 2 amide bonds. The smallest absolute Gasteiger partial charge is 0.317 e. The van der Waals surface area contributed by atoms with Crippen molar-refractivity contribution in [2.45, 2.75) is 59.4 Å². The van der Waals surface area contributed by atoms with Crippen LogP contribution in [0.4, 0.5) is 4.79 Å². The SMILES string of the molecule is CC1CCCN(C(=O)NC(C)(C)C(C)(C)C(=O)O)CC1. The molecule has 0 saturated carbocycles. The van der Waals surface area contributed by atoms with Crippen molar-refractivity contribution >= 4 is 12.0 Å². The third-order valence-corrected chi connectivity index (χ3v) is 4.82. The first kappa shape index (κ1) is 16.8. The van der Waals surface area contributed by atoms with E-state index in [2.05, 4.69) is 12.2 Å². The molecular formula is C15H28N2O3. The maximum atomic E-state index is 12.4. The lowest BCUT2D eigenvalue weighted by Gasteiger charge is -2.40. The van der Waals surface area contributed by atoms with Crippen LogP contribution in [0.25, 0.3) is 0 Å². The first-order valence-corrected chi connectivity index (χ1v) is 7.38. The Morgan fingerprint density at radius 3 is 2.30 bits per heavy atom. The first-order chi connectivity index (χ1) is 9.08. The summed E-state index contributed by atoms with van der Waals surface area (Å²) in [6, 6.07) is -0.154. The Morgan fingerprint density at radius 2 is 1.75 bits per heavy atom. The number of hydrogen-bond donors (Lipinski definition) is 2. The van der Waals surface area contributed by atoms with Crippen molar-refractivity contribution in [2.24, 2.45) is 11.3 Å². The normalized spacial score (nSPS) is 21.2. The van der Waals surface area contributed by atoms with Crippen LogP contribution >= 0.6 is 0 Å². The van der Waals surface area contributed by atoms with Gasteiger partial charge in [0.05, 0.1) is 11.0 Å². The molecule has 5 heteroatoms. The van der Waals surface area contributed by atoms with Gasteiger partial charge in [0.15, 0.2) is 0 Å². The van der Waals surface area contributed by atoms with Crippen LogP contribution in [0.1, 0.15) is 53.9 Å². The fraction of sp³-hybridized carbons (Fsp3) is 0.867. The molecule has 0 aromatic carbocycles. The largest absolute Gasteiger partial charge is 0.481 e. The molecule has 1 saturated heterocycles. The summed E-state index contributed by atoms with van der Waals surface area (Å²) >= 11 is 0. The van der Waals surface area contributed by atoms with Crippen molar-refractivity contribution in [3.05, 3.63) is 0 Å². The minimum Gasteiger partial charge on any atom is -0.481 e. The molecule has 5 nitrogen and oxygen atoms in total. The summed E-state index contributed by atoms with van der Waals surface area (Å²) in [4.78, 5) is 25.5. The third kappa shape index (κ3) is 3.64. The molecule has 1 fully saturated rings. The summed E-state index contributed by atoms with van der Waals surface area (Å²) < 4.78 is 0.